The Morgan fingerprint density at radius 3 is 2.72 bits per heavy atom. The van der Waals surface area contributed by atoms with E-state index < -0.39 is 33.8 Å². The van der Waals surface area contributed by atoms with Crippen LogP contribution in [0.5, 0.6) is 0 Å². The summed E-state index contributed by atoms with van der Waals surface area (Å²) in [5.41, 5.74) is 0.573. The molecule has 1 heterocycles. The molecule has 1 rings (SSSR count). The summed E-state index contributed by atoms with van der Waals surface area (Å²) in [5.74, 6) is -2.15. The predicted molar refractivity (Wildman–Crippen MR) is 61.1 cm³/mol. The van der Waals surface area contributed by atoms with Gasteiger partial charge in [-0.05, 0) is 6.92 Å². The van der Waals surface area contributed by atoms with Crippen LogP contribution in [0, 0.1) is 18.4 Å². The third kappa shape index (κ3) is 3.54. The normalized spacial score (nSPS) is 13.5. The molecule has 0 aromatic carbocycles. The second-order valence-electron chi connectivity index (χ2n) is 3.21. The highest BCUT2D eigenvalue weighted by atomic mass is 32.2. The molecule has 9 heteroatoms. The van der Waals surface area contributed by atoms with Crippen molar-refractivity contribution in [3.63, 3.8) is 0 Å². The first-order valence-electron chi connectivity index (χ1n) is 4.64. The highest BCUT2D eigenvalue weighted by molar-refractivity contribution is 7.95. The van der Waals surface area contributed by atoms with E-state index in [1.165, 1.54) is 6.19 Å². The van der Waals surface area contributed by atoms with Crippen LogP contribution in [0.25, 0.3) is 0 Å². The monoisotopic (exact) mass is 295 g/mol. The van der Waals surface area contributed by atoms with Gasteiger partial charge in [-0.15, -0.1) is 15.7 Å². The molecule has 0 spiro atoms. The van der Waals surface area contributed by atoms with Crippen molar-refractivity contribution in [3.8, 4) is 6.19 Å². The largest absolute Gasteiger partial charge is 0.301 e. The Bertz CT molecular complexity index is 619. The Balaban J connectivity index is 3.06. The number of hydrogen-bond acceptors (Lipinski definition) is 5. The van der Waals surface area contributed by atoms with Crippen molar-refractivity contribution in [2.75, 3.05) is 5.75 Å². The van der Waals surface area contributed by atoms with E-state index in [0.29, 0.717) is 5.69 Å². The molecule has 18 heavy (non-hydrogen) atoms. The van der Waals surface area contributed by atoms with Gasteiger partial charge >= 0.3 is 6.08 Å². The summed E-state index contributed by atoms with van der Waals surface area (Å²) in [6, 6.07) is 0. The van der Waals surface area contributed by atoms with Gasteiger partial charge in [-0.1, -0.05) is 0 Å². The van der Waals surface area contributed by atoms with Gasteiger partial charge in [-0.25, -0.2) is 13.6 Å². The minimum atomic E-state index is -3.26. The van der Waals surface area contributed by atoms with Crippen LogP contribution in [0.4, 0.5) is 13.2 Å². The second-order valence-corrected chi connectivity index (χ2v) is 6.58. The number of allylic oxidation sites excluding steroid dienone is 1. The minimum absolute atomic E-state index is 0.0496. The van der Waals surface area contributed by atoms with Crippen molar-refractivity contribution < 1.29 is 17.4 Å². The lowest BCUT2D eigenvalue weighted by Crippen LogP contribution is -2.07. The highest BCUT2D eigenvalue weighted by Gasteiger charge is 2.19. The molecule has 1 atom stereocenters. The van der Waals surface area contributed by atoms with Gasteiger partial charge in [0, 0.05) is 23.2 Å². The van der Waals surface area contributed by atoms with Gasteiger partial charge in [-0.2, -0.15) is 14.0 Å². The SMILES string of the molecule is Cc1csc(S(=O)(CCC(F)=C(F)F)=NC#N)n1. The Morgan fingerprint density at radius 2 is 2.28 bits per heavy atom. The molecule has 1 aromatic heterocycles. The van der Waals surface area contributed by atoms with E-state index in [0.717, 1.165) is 11.3 Å². The fraction of sp³-hybridized carbons (Fsp3) is 0.333. The first kappa shape index (κ1) is 14.7. The Labute approximate surface area is 106 Å². The third-order valence-corrected chi connectivity index (χ3v) is 5.46. The molecule has 0 radical (unpaired) electrons. The molecule has 0 aliphatic rings. The van der Waals surface area contributed by atoms with Gasteiger partial charge in [0.05, 0.1) is 0 Å². The van der Waals surface area contributed by atoms with Crippen LogP contribution in [0.2, 0.25) is 0 Å². The van der Waals surface area contributed by atoms with Gasteiger partial charge in [0.2, 0.25) is 6.19 Å². The smallest absolute Gasteiger partial charge is 0.241 e. The summed E-state index contributed by atoms with van der Waals surface area (Å²) in [6.45, 7) is 1.65. The molecule has 98 valence electrons. The van der Waals surface area contributed by atoms with Crippen molar-refractivity contribution in [2.45, 2.75) is 17.7 Å². The molecule has 4 nitrogen and oxygen atoms in total. The van der Waals surface area contributed by atoms with E-state index in [1.807, 2.05) is 0 Å². The molecule has 1 aromatic rings. The summed E-state index contributed by atoms with van der Waals surface area (Å²) in [6.07, 6.45) is -1.84. The lowest BCUT2D eigenvalue weighted by Gasteiger charge is -2.03. The average Bonchev–Trinajstić information content (AvgIpc) is 2.73. The number of rotatable bonds is 4. The first-order valence-corrected chi connectivity index (χ1v) is 7.20. The van der Waals surface area contributed by atoms with E-state index in [9.17, 15) is 17.4 Å². The van der Waals surface area contributed by atoms with Crippen LogP contribution >= 0.6 is 11.3 Å². The summed E-state index contributed by atoms with van der Waals surface area (Å²) in [7, 11) is -3.26. The number of nitriles is 1. The molecule has 0 amide bonds. The zero-order valence-electron chi connectivity index (χ0n) is 9.19. The summed E-state index contributed by atoms with van der Waals surface area (Å²) in [4.78, 5) is 3.90. The molecule has 1 unspecified atom stereocenters. The van der Waals surface area contributed by atoms with Crippen molar-refractivity contribution in [1.82, 2.24) is 4.98 Å². The van der Waals surface area contributed by atoms with Gasteiger partial charge in [0.25, 0.3) is 0 Å². The fourth-order valence-corrected chi connectivity index (χ4v) is 3.89. The Morgan fingerprint density at radius 1 is 1.61 bits per heavy atom. The molecular formula is C9H8F3N3OS2. The summed E-state index contributed by atoms with van der Waals surface area (Å²) >= 11 is 0.999. The van der Waals surface area contributed by atoms with Gasteiger partial charge < -0.3 is 0 Å². The highest BCUT2D eigenvalue weighted by Crippen LogP contribution is 2.22. The van der Waals surface area contributed by atoms with Gasteiger partial charge in [-0.3, -0.25) is 0 Å². The number of halogens is 3. The maximum Gasteiger partial charge on any atom is 0.301 e. The van der Waals surface area contributed by atoms with Crippen LogP contribution in [0.3, 0.4) is 0 Å². The van der Waals surface area contributed by atoms with E-state index in [-0.39, 0.29) is 4.34 Å². The number of hydrogen-bond donors (Lipinski definition) is 0. The van der Waals surface area contributed by atoms with Crippen LogP contribution < -0.4 is 0 Å². The van der Waals surface area contributed by atoms with Crippen LogP contribution in [0.15, 0.2) is 26.0 Å². The molecule has 0 N–H and O–H groups in total. The fourth-order valence-electron chi connectivity index (χ4n) is 1.04. The quantitative estimate of drug-likeness (QED) is 0.801. The number of aromatic nitrogens is 1. The molecular weight excluding hydrogens is 287 g/mol. The topological polar surface area (TPSA) is 66.1 Å². The zero-order valence-corrected chi connectivity index (χ0v) is 10.8. The molecule has 0 saturated heterocycles. The Kier molecular flexibility index (Phi) is 4.86. The van der Waals surface area contributed by atoms with Gasteiger partial charge in [0.1, 0.15) is 9.73 Å². The molecule has 0 saturated carbocycles. The van der Waals surface area contributed by atoms with E-state index in [2.05, 4.69) is 9.35 Å². The summed E-state index contributed by atoms with van der Waals surface area (Å²) in [5, 5.41) is 10.1. The summed E-state index contributed by atoms with van der Waals surface area (Å²) < 4.78 is 52.0. The van der Waals surface area contributed by atoms with Crippen molar-refractivity contribution >= 4 is 21.1 Å². The molecule has 0 bridgehead atoms. The maximum absolute atomic E-state index is 12.7. The third-order valence-electron chi connectivity index (χ3n) is 1.86. The van der Waals surface area contributed by atoms with Crippen molar-refractivity contribution in [2.24, 2.45) is 4.36 Å². The van der Waals surface area contributed by atoms with Crippen LogP contribution in [0.1, 0.15) is 12.1 Å². The zero-order chi connectivity index (χ0) is 13.8. The lowest BCUT2D eigenvalue weighted by atomic mass is 10.4. The van der Waals surface area contributed by atoms with Crippen LogP contribution in [-0.4, -0.2) is 14.9 Å². The van der Waals surface area contributed by atoms with E-state index in [1.54, 1.807) is 12.3 Å². The number of nitrogens with zero attached hydrogens (tertiary/aromatic N) is 3. The van der Waals surface area contributed by atoms with E-state index >= 15 is 0 Å². The first-order chi connectivity index (χ1) is 8.39. The molecule has 0 aliphatic carbocycles. The molecule has 0 fully saturated rings. The minimum Gasteiger partial charge on any atom is -0.241 e. The number of aryl methyl sites for hydroxylation is 1. The maximum atomic E-state index is 12.7. The standard InChI is InChI=1S/C9H8F3N3OS2/c1-6-4-17-9(15-6)18(16,14-5-13)3-2-7(10)8(11)12/h4H,2-3H2,1H3. The van der Waals surface area contributed by atoms with E-state index in [4.69, 9.17) is 5.26 Å². The van der Waals surface area contributed by atoms with Crippen LogP contribution in [-0.2, 0) is 9.73 Å². The van der Waals surface area contributed by atoms with Crippen molar-refractivity contribution in [1.29, 1.82) is 5.26 Å². The Hall–Kier alpha value is -1.40. The number of thiazole rings is 1. The van der Waals surface area contributed by atoms with Crippen molar-refractivity contribution in [3.05, 3.63) is 23.0 Å². The average molecular weight is 295 g/mol. The lowest BCUT2D eigenvalue weighted by molar-refractivity contribution is 0.373. The van der Waals surface area contributed by atoms with Gasteiger partial charge in [0.15, 0.2) is 10.2 Å². The second kappa shape index (κ2) is 5.97. The predicted octanol–water partition coefficient (Wildman–Crippen LogP) is 3.23. The molecule has 0 aliphatic heterocycles.